The van der Waals surface area contributed by atoms with Gasteiger partial charge >= 0.3 is 45.6 Å². The number of hydrogen-bond acceptors (Lipinski definition) is 3. The van der Waals surface area contributed by atoms with Gasteiger partial charge in [-0.2, -0.15) is 0 Å². The van der Waals surface area contributed by atoms with Crippen LogP contribution in [-0.4, -0.2) is 13.1 Å². The molecule has 0 aromatic carbocycles. The zero-order valence-electron chi connectivity index (χ0n) is 6.14. The van der Waals surface area contributed by atoms with Crippen molar-refractivity contribution in [2.75, 3.05) is 7.11 Å². The maximum absolute atomic E-state index is 8.89. The Morgan fingerprint density at radius 1 is 1.78 bits per heavy atom. The van der Waals surface area contributed by atoms with Gasteiger partial charge in [-0.15, -0.1) is 0 Å². The molecule has 3 nitrogen and oxygen atoms in total. The molecule has 0 aliphatic carbocycles. The van der Waals surface area contributed by atoms with Crippen LogP contribution in [0, 0.1) is 0 Å². The molecule has 9 heavy (non-hydrogen) atoms. The quantitative estimate of drug-likeness (QED) is 0.664. The Morgan fingerprint density at radius 3 is 2.11 bits per heavy atom. The second kappa shape index (κ2) is 11.2. The maximum atomic E-state index is 8.89. The van der Waals surface area contributed by atoms with E-state index in [1.54, 1.807) is 0 Å². The van der Waals surface area contributed by atoms with Gasteiger partial charge in [0.2, 0.25) is 0 Å². The zero-order valence-corrected chi connectivity index (χ0v) is 11.6. The molecule has 0 atom stereocenters. The van der Waals surface area contributed by atoms with Crippen molar-refractivity contribution >= 4 is 5.97 Å². The Bertz CT molecular complexity index is 59.2. The Kier molecular flexibility index (Phi) is 15.0. The minimum atomic E-state index is -1.08. The van der Waals surface area contributed by atoms with Gasteiger partial charge in [0.15, 0.2) is 0 Å². The fourth-order valence-electron chi connectivity index (χ4n) is 0.204. The molecule has 0 saturated heterocycles. The van der Waals surface area contributed by atoms with E-state index in [4.69, 9.17) is 12.5 Å². The monoisotopic (exact) mass is 321 g/mol. The first kappa shape index (κ1) is 12.1. The Morgan fingerprint density at radius 2 is 2.11 bits per heavy atom. The normalized spacial score (nSPS) is 6.56. The van der Waals surface area contributed by atoms with E-state index >= 15 is 0 Å². The predicted octanol–water partition coefficient (Wildman–Crippen LogP) is -0.175. The third-order valence-electron chi connectivity index (χ3n) is 0.408. The number of hydrogen-bond donors (Lipinski definition) is 0. The summed E-state index contributed by atoms with van der Waals surface area (Å²) in [6.07, 6.45) is 0. The summed E-state index contributed by atoms with van der Waals surface area (Å²) in [5.74, 6) is -1.08. The van der Waals surface area contributed by atoms with Gasteiger partial charge in [0.1, 0.15) is 0 Å². The molecule has 0 amide bonds. The van der Waals surface area contributed by atoms with E-state index in [1.807, 2.05) is 7.11 Å². The third-order valence-corrected chi connectivity index (χ3v) is 3.58. The first-order chi connectivity index (χ1) is 4.15. The molecule has 0 aliphatic rings. The van der Waals surface area contributed by atoms with Crippen molar-refractivity contribution in [3.05, 3.63) is 0 Å². The molecular weight excluding hydrogens is 309 g/mol. The SMILES string of the molecule is CC(=O)[O-].C[CH2][Hg][O]C. The molecule has 52 valence electrons. The summed E-state index contributed by atoms with van der Waals surface area (Å²) in [5, 5.41) is 8.89. The van der Waals surface area contributed by atoms with Crippen LogP contribution in [0.3, 0.4) is 0 Å². The average Bonchev–Trinajstić information content (AvgIpc) is 1.66. The van der Waals surface area contributed by atoms with E-state index in [0.717, 1.165) is 6.92 Å². The Balaban J connectivity index is 0. The molecule has 4 heteroatoms. The van der Waals surface area contributed by atoms with Crippen LogP contribution in [0.1, 0.15) is 13.8 Å². The predicted molar refractivity (Wildman–Crippen MR) is 28.2 cm³/mol. The third kappa shape index (κ3) is 60.6. The van der Waals surface area contributed by atoms with Crippen LogP contribution in [0.25, 0.3) is 0 Å². The summed E-state index contributed by atoms with van der Waals surface area (Å²) in [4.78, 5) is 8.89. The average molecular weight is 320 g/mol. The summed E-state index contributed by atoms with van der Waals surface area (Å²) >= 11 is -0.642. The number of carbonyl (C=O) groups is 1. The molecule has 0 aliphatic heterocycles. The van der Waals surface area contributed by atoms with Crippen molar-refractivity contribution in [3.8, 4) is 0 Å². The Labute approximate surface area is 68.5 Å². The van der Waals surface area contributed by atoms with Gasteiger partial charge in [-0.05, 0) is 6.92 Å². The molecule has 0 spiro atoms. The van der Waals surface area contributed by atoms with Crippen LogP contribution in [0.2, 0.25) is 3.93 Å². The van der Waals surface area contributed by atoms with Crippen LogP contribution < -0.4 is 5.11 Å². The molecule has 0 bridgehead atoms. The second-order valence-electron chi connectivity index (χ2n) is 1.48. The number of carboxylic acid groups (broad SMARTS) is 1. The summed E-state index contributed by atoms with van der Waals surface area (Å²) < 4.78 is 6.26. The van der Waals surface area contributed by atoms with Crippen LogP contribution >= 0.6 is 0 Å². The summed E-state index contributed by atoms with van der Waals surface area (Å²) in [6, 6.07) is 0. The van der Waals surface area contributed by atoms with Gasteiger partial charge in [-0.3, -0.25) is 0 Å². The van der Waals surface area contributed by atoms with E-state index < -0.39 is 31.0 Å². The number of rotatable bonds is 2. The van der Waals surface area contributed by atoms with Crippen LogP contribution in [0.4, 0.5) is 0 Å². The topological polar surface area (TPSA) is 49.4 Å². The second-order valence-corrected chi connectivity index (χ2v) is 9.20. The molecule has 0 unspecified atom stereocenters. The van der Waals surface area contributed by atoms with Gasteiger partial charge in [-0.1, -0.05) is 0 Å². The zero-order chi connectivity index (χ0) is 7.70. The number of aliphatic carboxylic acids is 1. The molecule has 0 heterocycles. The first-order valence-electron chi connectivity index (χ1n) is 2.81. The first-order valence-corrected chi connectivity index (χ1v) is 8.94. The van der Waals surface area contributed by atoms with Crippen molar-refractivity contribution in [2.24, 2.45) is 0 Å². The molecule has 0 rings (SSSR count). The van der Waals surface area contributed by atoms with Gasteiger partial charge in [0, 0.05) is 5.97 Å². The van der Waals surface area contributed by atoms with Crippen LogP contribution in [0.15, 0.2) is 0 Å². The molecule has 0 N–H and O–H groups in total. The van der Waals surface area contributed by atoms with Crippen LogP contribution in [-0.2, 0) is 32.5 Å². The van der Waals surface area contributed by atoms with Gasteiger partial charge < -0.3 is 9.90 Å². The van der Waals surface area contributed by atoms with E-state index in [1.165, 1.54) is 3.93 Å². The molecule has 0 saturated carbocycles. The summed E-state index contributed by atoms with van der Waals surface area (Å²) in [6.45, 7) is 3.16. The van der Waals surface area contributed by atoms with E-state index in [9.17, 15) is 0 Å². The number of carboxylic acids is 1. The standard InChI is InChI=1S/C2H4O2.C2H5.CH3O.Hg/c1-2(3)4;2*1-2;/h1H3,(H,3,4);1H2,2H3;1H3;/q;;-1;+1/p-1. The van der Waals surface area contributed by atoms with Gasteiger partial charge in [0.05, 0.1) is 0 Å². The van der Waals surface area contributed by atoms with Crippen molar-refractivity contribution in [2.45, 2.75) is 17.8 Å². The fourth-order valence-corrected chi connectivity index (χ4v) is 1.79. The molecule has 0 fully saturated rings. The van der Waals surface area contributed by atoms with Crippen molar-refractivity contribution in [3.63, 3.8) is 0 Å². The van der Waals surface area contributed by atoms with Crippen LogP contribution in [0.5, 0.6) is 0 Å². The molecule has 0 aromatic heterocycles. The molecule has 0 radical (unpaired) electrons. The van der Waals surface area contributed by atoms with Crippen molar-refractivity contribution < 1.29 is 37.6 Å². The van der Waals surface area contributed by atoms with Gasteiger partial charge in [0.25, 0.3) is 0 Å². The number of carbonyl (C=O) groups excluding carboxylic acids is 1. The molecular formula is C5H11HgO3-. The Hall–Kier alpha value is 0.365. The van der Waals surface area contributed by atoms with Gasteiger partial charge in [-0.25, -0.2) is 0 Å². The van der Waals surface area contributed by atoms with Crippen molar-refractivity contribution in [1.29, 1.82) is 0 Å². The van der Waals surface area contributed by atoms with E-state index in [2.05, 4.69) is 6.92 Å². The van der Waals surface area contributed by atoms with Crippen molar-refractivity contribution in [1.82, 2.24) is 0 Å². The summed E-state index contributed by atoms with van der Waals surface area (Å²) in [5.41, 5.74) is 0. The van der Waals surface area contributed by atoms with E-state index in [0.29, 0.717) is 0 Å². The summed E-state index contributed by atoms with van der Waals surface area (Å²) in [7, 11) is 1.81. The minimum absolute atomic E-state index is 0.642. The molecule has 0 aromatic rings. The fraction of sp³-hybridized carbons (Fsp3) is 0.800. The van der Waals surface area contributed by atoms with E-state index in [-0.39, 0.29) is 0 Å².